The molecule has 0 unspecified atom stereocenters. The number of aromatic nitrogens is 3. The predicted molar refractivity (Wildman–Crippen MR) is 228 cm³/mol. The number of benzene rings is 4. The van der Waals surface area contributed by atoms with Gasteiger partial charge in [0, 0.05) is 44.1 Å². The Hall–Kier alpha value is -5.89. The molecule has 306 valence electrons. The van der Waals surface area contributed by atoms with Crippen LogP contribution in [0.15, 0.2) is 109 Å². The van der Waals surface area contributed by atoms with Gasteiger partial charge in [-0.15, -0.1) is 10.2 Å². The van der Waals surface area contributed by atoms with Gasteiger partial charge in [0.15, 0.2) is 5.16 Å². The highest BCUT2D eigenvalue weighted by Gasteiger charge is 2.20. The second-order valence-corrected chi connectivity index (χ2v) is 14.7. The van der Waals surface area contributed by atoms with Crippen molar-refractivity contribution < 1.29 is 27.6 Å². The van der Waals surface area contributed by atoms with Crippen molar-refractivity contribution in [1.82, 2.24) is 15.0 Å². The number of nitrogens with zero attached hydrogens (tertiary/aromatic N) is 9. The van der Waals surface area contributed by atoms with Gasteiger partial charge < -0.3 is 35.0 Å². The molecule has 4 N–H and O–H groups in total. The van der Waals surface area contributed by atoms with Crippen LogP contribution in [-0.4, -0.2) is 85.8 Å². The van der Waals surface area contributed by atoms with Crippen LogP contribution < -0.4 is 29.9 Å². The molecule has 0 aliphatic heterocycles. The van der Waals surface area contributed by atoms with Crippen LogP contribution >= 0.6 is 11.8 Å². The summed E-state index contributed by atoms with van der Waals surface area (Å²) in [6, 6.07) is 22.1. The number of nitrogens with one attached hydrogen (secondary N) is 2. The van der Waals surface area contributed by atoms with Crippen molar-refractivity contribution in [2.75, 3.05) is 73.2 Å². The molecule has 4 aromatic carbocycles. The molecule has 0 aliphatic carbocycles. The number of rotatable bonds is 20. The highest BCUT2D eigenvalue weighted by molar-refractivity contribution is 7.99. The summed E-state index contributed by atoms with van der Waals surface area (Å²) in [7, 11) is -1.30. The minimum Gasteiger partial charge on any atom is -0.494 e. The lowest BCUT2D eigenvalue weighted by Gasteiger charge is -2.25. The number of hydrogen-bond acceptors (Lipinski definition) is 17. The normalized spacial score (nSPS) is 11.6. The first-order chi connectivity index (χ1) is 28.0. The van der Waals surface area contributed by atoms with Gasteiger partial charge in [0.25, 0.3) is 10.1 Å². The molecule has 17 nitrogen and oxygen atoms in total. The number of thioether (sulfide) groups is 1. The Morgan fingerprint density at radius 1 is 0.672 bits per heavy atom. The van der Waals surface area contributed by atoms with Gasteiger partial charge in [-0.25, -0.2) is 0 Å². The molecule has 0 amide bonds. The highest BCUT2D eigenvalue weighted by Crippen LogP contribution is 2.42. The average molecular weight is 830 g/mol. The first-order valence-corrected chi connectivity index (χ1v) is 20.9. The fraction of sp³-hybridized carbons (Fsp3) is 0.308. The second-order valence-electron chi connectivity index (χ2n) is 12.2. The molecule has 1 aromatic heterocycles. The standard InChI is InChI=1S/C39H47N11O6S2/c1-7-49(8-2)33-22-29(31(24-35(33)55-5)47-45-26-15-12-11-13-16-26)40-37-42-38(44-39(43-37)57-20-19-51)41-30-23-34(50(9-3)10-4)36(56-6)25-32(30)48-46-27-17-14-18-28(21-27)58(52,53)54/h11-18,21-25,51H,7-10,19-20H2,1-6H3,(H,52,53,54)(H2,40,41,42,43,44). The van der Waals surface area contributed by atoms with E-state index in [0.717, 1.165) is 24.5 Å². The Morgan fingerprint density at radius 3 is 1.64 bits per heavy atom. The summed E-state index contributed by atoms with van der Waals surface area (Å²) in [5.41, 5.74) is 4.22. The van der Waals surface area contributed by atoms with Crippen molar-refractivity contribution in [3.05, 3.63) is 78.9 Å². The molecule has 0 fully saturated rings. The van der Waals surface area contributed by atoms with Gasteiger partial charge in [-0.2, -0.15) is 33.6 Å². The van der Waals surface area contributed by atoms with Gasteiger partial charge >= 0.3 is 0 Å². The van der Waals surface area contributed by atoms with E-state index in [9.17, 15) is 18.1 Å². The molecule has 5 aromatic rings. The average Bonchev–Trinajstić information content (AvgIpc) is 3.23. The zero-order valence-corrected chi connectivity index (χ0v) is 34.8. The predicted octanol–water partition coefficient (Wildman–Crippen LogP) is 9.23. The zero-order valence-electron chi connectivity index (χ0n) is 33.1. The molecule has 5 rings (SSSR count). The van der Waals surface area contributed by atoms with Crippen LogP contribution in [0.2, 0.25) is 0 Å². The Kier molecular flexibility index (Phi) is 15.3. The molecule has 0 aliphatic rings. The van der Waals surface area contributed by atoms with Gasteiger partial charge in [-0.3, -0.25) is 4.55 Å². The number of methoxy groups -OCH3 is 2. The van der Waals surface area contributed by atoms with E-state index in [1.54, 1.807) is 32.4 Å². The summed E-state index contributed by atoms with van der Waals surface area (Å²) in [5, 5.41) is 34.4. The van der Waals surface area contributed by atoms with Crippen LogP contribution in [-0.2, 0) is 10.1 Å². The molecule has 58 heavy (non-hydrogen) atoms. The first-order valence-electron chi connectivity index (χ1n) is 18.5. The van der Waals surface area contributed by atoms with Crippen molar-refractivity contribution in [2.45, 2.75) is 37.7 Å². The monoisotopic (exact) mass is 829 g/mol. The van der Waals surface area contributed by atoms with Crippen LogP contribution in [0.3, 0.4) is 0 Å². The summed E-state index contributed by atoms with van der Waals surface area (Å²) in [5.74, 6) is 1.78. The van der Waals surface area contributed by atoms with E-state index in [1.807, 2.05) is 56.3 Å². The molecule has 0 radical (unpaired) electrons. The lowest BCUT2D eigenvalue weighted by molar-refractivity contribution is 0.322. The third-order valence-corrected chi connectivity index (χ3v) is 10.3. The van der Waals surface area contributed by atoms with Crippen molar-refractivity contribution >= 4 is 79.3 Å². The van der Waals surface area contributed by atoms with Gasteiger partial charge in [0.1, 0.15) is 22.9 Å². The molecule has 0 bridgehead atoms. The van der Waals surface area contributed by atoms with Gasteiger partial charge in [0.05, 0.1) is 59.8 Å². The molecule has 0 atom stereocenters. The van der Waals surface area contributed by atoms with Crippen LogP contribution in [0.25, 0.3) is 0 Å². The maximum absolute atomic E-state index is 11.8. The van der Waals surface area contributed by atoms with Crippen molar-refractivity contribution in [1.29, 1.82) is 0 Å². The molecular weight excluding hydrogens is 783 g/mol. The fourth-order valence-electron chi connectivity index (χ4n) is 5.77. The van der Waals surface area contributed by atoms with Crippen molar-refractivity contribution in [2.24, 2.45) is 20.5 Å². The van der Waals surface area contributed by atoms with E-state index < -0.39 is 10.1 Å². The SMILES string of the molecule is CCN(CC)c1cc(Nc2nc(Nc3cc(N(CC)CC)c(OC)cc3N=Nc3cccc(S(=O)(=O)O)c3)nc(SCCO)n2)c(N=Nc2ccccc2)cc1OC. The lowest BCUT2D eigenvalue weighted by atomic mass is 10.2. The highest BCUT2D eigenvalue weighted by atomic mass is 32.2. The topological polar surface area (TPSA) is 212 Å². The van der Waals surface area contributed by atoms with Crippen molar-refractivity contribution in [3.8, 4) is 11.5 Å². The Bertz CT molecular complexity index is 2330. The van der Waals surface area contributed by atoms with Crippen LogP contribution in [0.4, 0.5) is 57.4 Å². The summed E-state index contributed by atoms with van der Waals surface area (Å²) in [6.45, 7) is 10.9. The number of ether oxygens (including phenoxy) is 2. The van der Waals surface area contributed by atoms with E-state index in [2.05, 4.69) is 64.7 Å². The van der Waals surface area contributed by atoms with E-state index in [0.29, 0.717) is 63.9 Å². The molecule has 1 heterocycles. The smallest absolute Gasteiger partial charge is 0.294 e. The molecule has 19 heteroatoms. The Morgan fingerprint density at radius 2 is 1.17 bits per heavy atom. The second kappa shape index (κ2) is 20.5. The number of hydrogen-bond donors (Lipinski definition) is 4. The summed E-state index contributed by atoms with van der Waals surface area (Å²) >= 11 is 1.24. The summed E-state index contributed by atoms with van der Waals surface area (Å²) < 4.78 is 44.8. The van der Waals surface area contributed by atoms with Crippen molar-refractivity contribution in [3.63, 3.8) is 0 Å². The molecule has 0 saturated carbocycles. The van der Waals surface area contributed by atoms with Crippen LogP contribution in [0, 0.1) is 0 Å². The maximum Gasteiger partial charge on any atom is 0.294 e. The third-order valence-electron chi connectivity index (χ3n) is 8.65. The van der Waals surface area contributed by atoms with Crippen LogP contribution in [0.5, 0.6) is 11.5 Å². The number of aliphatic hydroxyl groups excluding tert-OH is 1. The molecule has 0 spiro atoms. The van der Waals surface area contributed by atoms with Crippen LogP contribution in [0.1, 0.15) is 27.7 Å². The Labute approximate surface area is 342 Å². The zero-order chi connectivity index (χ0) is 41.7. The summed E-state index contributed by atoms with van der Waals surface area (Å²) in [4.78, 5) is 18.0. The third kappa shape index (κ3) is 11.2. The van der Waals surface area contributed by atoms with E-state index in [-0.39, 0.29) is 29.1 Å². The van der Waals surface area contributed by atoms with E-state index in [1.165, 1.54) is 30.0 Å². The van der Waals surface area contributed by atoms with Gasteiger partial charge in [0.2, 0.25) is 11.9 Å². The van der Waals surface area contributed by atoms with E-state index >= 15 is 0 Å². The number of aliphatic hydroxyl groups is 1. The minimum atomic E-state index is -4.46. The fourth-order valence-corrected chi connectivity index (χ4v) is 6.86. The molecular formula is C39H47N11O6S2. The largest absolute Gasteiger partial charge is 0.494 e. The first kappa shape index (κ1) is 43.2. The number of anilines is 6. The summed E-state index contributed by atoms with van der Waals surface area (Å²) in [6.07, 6.45) is 0. The lowest BCUT2D eigenvalue weighted by Crippen LogP contribution is -2.22. The van der Waals surface area contributed by atoms with Gasteiger partial charge in [-0.05, 0) is 70.2 Å². The quantitative estimate of drug-likeness (QED) is 0.0327. The van der Waals surface area contributed by atoms with Gasteiger partial charge in [-0.1, -0.05) is 36.0 Å². The Balaban J connectivity index is 1.63. The maximum atomic E-state index is 11.8. The molecule has 0 saturated heterocycles. The number of azo groups is 2. The minimum absolute atomic E-state index is 0.105. The van der Waals surface area contributed by atoms with E-state index in [4.69, 9.17) is 14.5 Å².